The van der Waals surface area contributed by atoms with Crippen LogP contribution in [0.4, 0.5) is 5.69 Å². The first kappa shape index (κ1) is 18.5. The molecule has 5 rings (SSSR count). The minimum atomic E-state index is -0.241. The Morgan fingerprint density at radius 3 is 2.33 bits per heavy atom. The third-order valence-corrected chi connectivity index (χ3v) is 6.80. The number of hydrogen-bond acceptors (Lipinski definition) is 4. The van der Waals surface area contributed by atoms with Crippen LogP contribution in [0.5, 0.6) is 0 Å². The van der Waals surface area contributed by atoms with E-state index in [1.54, 1.807) is 18.2 Å². The van der Waals surface area contributed by atoms with E-state index < -0.39 is 0 Å². The molecule has 2 aromatic rings. The number of piperidine rings is 1. The number of hydrogen-bond donors (Lipinski definition) is 1. The van der Waals surface area contributed by atoms with E-state index in [0.29, 0.717) is 44.7 Å². The first-order valence-corrected chi connectivity index (χ1v) is 9.45. The number of carbonyl (C=O) groups is 2. The molecule has 2 amide bonds. The lowest BCUT2D eigenvalue weighted by Gasteiger charge is -2.42. The maximum Gasteiger partial charge on any atom is 0.261 e. The van der Waals surface area contributed by atoms with Crippen LogP contribution in [0.25, 0.3) is 10.8 Å². The molecule has 2 N–H and O–H groups in total. The number of carbonyl (C=O) groups excluding carboxylic acids is 2. The molecular weight excluding hydrogens is 385 g/mol. The van der Waals surface area contributed by atoms with E-state index in [4.69, 9.17) is 17.3 Å². The molecule has 7 heteroatoms. The molecule has 142 valence electrons. The number of nitrogen functional groups attached to an aromatic ring is 1. The molecule has 0 saturated carbocycles. The van der Waals surface area contributed by atoms with Crippen molar-refractivity contribution in [3.8, 4) is 0 Å². The van der Waals surface area contributed by atoms with Gasteiger partial charge in [-0.05, 0) is 44.9 Å². The van der Waals surface area contributed by atoms with Gasteiger partial charge in [0.1, 0.15) is 0 Å². The Bertz CT molecular complexity index is 963. The van der Waals surface area contributed by atoms with Gasteiger partial charge in [-0.15, -0.1) is 12.4 Å². The van der Waals surface area contributed by atoms with E-state index >= 15 is 0 Å². The number of amides is 2. The molecule has 3 atom stereocenters. The number of halogens is 2. The van der Waals surface area contributed by atoms with Crippen molar-refractivity contribution in [2.75, 3.05) is 12.8 Å². The normalized spacial score (nSPS) is 27.2. The zero-order chi connectivity index (χ0) is 18.2. The summed E-state index contributed by atoms with van der Waals surface area (Å²) in [5, 5.41) is 1.67. The highest BCUT2D eigenvalue weighted by molar-refractivity contribution is 6.37. The second kappa shape index (κ2) is 6.36. The molecular formula is C20H21Cl2N3O2. The predicted molar refractivity (Wildman–Crippen MR) is 109 cm³/mol. The molecule has 3 aliphatic rings. The smallest absolute Gasteiger partial charge is 0.261 e. The zero-order valence-corrected chi connectivity index (χ0v) is 16.5. The quantitative estimate of drug-likeness (QED) is 0.579. The lowest BCUT2D eigenvalue weighted by atomic mass is 9.89. The molecule has 0 spiro atoms. The second-order valence-corrected chi connectivity index (χ2v) is 8.11. The Balaban J connectivity index is 0.00000180. The molecule has 2 aromatic carbocycles. The van der Waals surface area contributed by atoms with Gasteiger partial charge in [0.25, 0.3) is 11.8 Å². The molecule has 2 saturated heterocycles. The summed E-state index contributed by atoms with van der Waals surface area (Å²) < 4.78 is 0. The Hall–Kier alpha value is -1.82. The maximum absolute atomic E-state index is 13.3. The van der Waals surface area contributed by atoms with Crippen LogP contribution in [0.2, 0.25) is 5.02 Å². The Morgan fingerprint density at radius 2 is 1.67 bits per heavy atom. The summed E-state index contributed by atoms with van der Waals surface area (Å²) in [6, 6.07) is 7.87. The van der Waals surface area contributed by atoms with E-state index in [1.165, 1.54) is 4.90 Å². The van der Waals surface area contributed by atoms with Gasteiger partial charge in [-0.3, -0.25) is 14.5 Å². The highest BCUT2D eigenvalue weighted by Crippen LogP contribution is 2.41. The van der Waals surface area contributed by atoms with Gasteiger partial charge in [0.05, 0.1) is 16.3 Å². The predicted octanol–water partition coefficient (Wildman–Crippen LogP) is 3.72. The summed E-state index contributed by atoms with van der Waals surface area (Å²) in [6.45, 7) is 0. The fraction of sp³-hybridized carbons (Fsp3) is 0.400. The number of imide groups is 1. The highest BCUT2D eigenvalue weighted by atomic mass is 35.5. The van der Waals surface area contributed by atoms with Crippen LogP contribution in [-0.2, 0) is 0 Å². The number of benzene rings is 2. The Kier molecular flexibility index (Phi) is 4.37. The van der Waals surface area contributed by atoms with Gasteiger partial charge < -0.3 is 10.6 Å². The summed E-state index contributed by atoms with van der Waals surface area (Å²) in [7, 11) is 2.15. The van der Waals surface area contributed by atoms with E-state index in [2.05, 4.69) is 11.9 Å². The van der Waals surface area contributed by atoms with Gasteiger partial charge in [-0.2, -0.15) is 0 Å². The number of anilines is 1. The fourth-order valence-electron chi connectivity index (χ4n) is 5.10. The molecule has 0 radical (unpaired) electrons. The van der Waals surface area contributed by atoms with Gasteiger partial charge >= 0.3 is 0 Å². The van der Waals surface area contributed by atoms with E-state index in [9.17, 15) is 9.59 Å². The number of nitrogens with zero attached hydrogens (tertiary/aromatic N) is 2. The topological polar surface area (TPSA) is 66.6 Å². The first-order valence-electron chi connectivity index (χ1n) is 9.08. The van der Waals surface area contributed by atoms with Crippen molar-refractivity contribution >= 4 is 52.3 Å². The van der Waals surface area contributed by atoms with Crippen molar-refractivity contribution < 1.29 is 9.59 Å². The fourth-order valence-corrected chi connectivity index (χ4v) is 5.31. The van der Waals surface area contributed by atoms with Crippen molar-refractivity contribution in [2.24, 2.45) is 0 Å². The Morgan fingerprint density at radius 1 is 1.04 bits per heavy atom. The van der Waals surface area contributed by atoms with Crippen LogP contribution in [0.1, 0.15) is 46.4 Å². The minimum Gasteiger partial charge on any atom is -0.397 e. The van der Waals surface area contributed by atoms with Gasteiger partial charge in [-0.25, -0.2) is 0 Å². The molecule has 1 unspecified atom stereocenters. The summed E-state index contributed by atoms with van der Waals surface area (Å²) in [5.41, 5.74) is 7.54. The van der Waals surface area contributed by atoms with Crippen LogP contribution in [0.3, 0.4) is 0 Å². The molecule has 3 heterocycles. The van der Waals surface area contributed by atoms with Crippen molar-refractivity contribution in [1.29, 1.82) is 0 Å². The molecule has 3 aliphatic heterocycles. The van der Waals surface area contributed by atoms with Crippen LogP contribution in [0.15, 0.2) is 24.3 Å². The van der Waals surface area contributed by atoms with Gasteiger partial charge in [0, 0.05) is 34.5 Å². The summed E-state index contributed by atoms with van der Waals surface area (Å²) in [5.74, 6) is -0.446. The lowest BCUT2D eigenvalue weighted by Crippen LogP contribution is -2.54. The molecule has 2 bridgehead atoms. The maximum atomic E-state index is 13.3. The van der Waals surface area contributed by atoms with Gasteiger partial charge in [0.15, 0.2) is 0 Å². The number of fused-ring (bicyclic) bond motifs is 2. The van der Waals surface area contributed by atoms with Crippen LogP contribution in [-0.4, -0.2) is 46.8 Å². The van der Waals surface area contributed by atoms with Crippen molar-refractivity contribution in [3.63, 3.8) is 0 Å². The third-order valence-electron chi connectivity index (χ3n) is 6.49. The van der Waals surface area contributed by atoms with E-state index in [-0.39, 0.29) is 30.3 Å². The van der Waals surface area contributed by atoms with Crippen LogP contribution >= 0.6 is 24.0 Å². The van der Waals surface area contributed by atoms with Crippen LogP contribution < -0.4 is 5.73 Å². The van der Waals surface area contributed by atoms with Gasteiger partial charge in [0.2, 0.25) is 0 Å². The summed E-state index contributed by atoms with van der Waals surface area (Å²) >= 11 is 6.27. The summed E-state index contributed by atoms with van der Waals surface area (Å²) in [6.07, 6.45) is 3.97. The standard InChI is InChI=1S/C20H20ClN3O2.ClH/c1-23-10-5-6-11(23)8-12(7-10)24-19(25)14-4-2-3-13-17(14)15(20(24)26)9-16(21)18(13)22;/h2-4,9-12H,5-8,22H2,1H3;1H/t10-,11+,12?;. The highest BCUT2D eigenvalue weighted by Gasteiger charge is 2.45. The summed E-state index contributed by atoms with van der Waals surface area (Å²) in [4.78, 5) is 30.4. The SMILES string of the molecule is CN1[C@@H]2CC[C@H]1CC(N1C(=O)c3cccc4c(N)c(Cl)cc(c34)C1=O)C2.Cl. The zero-order valence-electron chi connectivity index (χ0n) is 14.9. The first-order chi connectivity index (χ1) is 12.5. The average molecular weight is 406 g/mol. The second-order valence-electron chi connectivity index (χ2n) is 7.70. The average Bonchev–Trinajstić information content (AvgIpc) is 2.83. The van der Waals surface area contributed by atoms with Gasteiger partial charge in [-0.1, -0.05) is 23.7 Å². The number of nitrogens with two attached hydrogens (primary N) is 1. The van der Waals surface area contributed by atoms with E-state index in [1.807, 2.05) is 6.07 Å². The van der Waals surface area contributed by atoms with Crippen LogP contribution in [0, 0.1) is 0 Å². The minimum absolute atomic E-state index is 0. The van der Waals surface area contributed by atoms with Crippen molar-refractivity contribution in [1.82, 2.24) is 9.80 Å². The van der Waals surface area contributed by atoms with Crippen molar-refractivity contribution in [2.45, 2.75) is 43.8 Å². The molecule has 5 nitrogen and oxygen atoms in total. The molecule has 0 aromatic heterocycles. The van der Waals surface area contributed by atoms with Crippen molar-refractivity contribution in [3.05, 3.63) is 40.4 Å². The molecule has 2 fully saturated rings. The third kappa shape index (κ3) is 2.49. The number of rotatable bonds is 1. The molecule has 27 heavy (non-hydrogen) atoms. The largest absolute Gasteiger partial charge is 0.397 e. The van der Waals surface area contributed by atoms with E-state index in [0.717, 1.165) is 25.7 Å². The lowest BCUT2D eigenvalue weighted by molar-refractivity contribution is 0.0397. The Labute approximate surface area is 168 Å². The molecule has 0 aliphatic carbocycles. The monoisotopic (exact) mass is 405 g/mol.